The van der Waals surface area contributed by atoms with Crippen LogP contribution in [-0.2, 0) is 9.59 Å². The normalized spacial score (nSPS) is 29.7. The van der Waals surface area contributed by atoms with Crippen LogP contribution in [0.4, 0.5) is 0 Å². The molecular formula is C16H18N2O3. The van der Waals surface area contributed by atoms with Crippen molar-refractivity contribution in [2.45, 2.75) is 25.0 Å². The topological polar surface area (TPSA) is 67.4 Å². The van der Waals surface area contributed by atoms with Crippen molar-refractivity contribution in [3.05, 3.63) is 42.5 Å². The molecule has 0 aliphatic carbocycles. The van der Waals surface area contributed by atoms with Gasteiger partial charge < -0.3 is 15.4 Å². The molecule has 0 aromatic heterocycles. The van der Waals surface area contributed by atoms with Crippen molar-refractivity contribution in [1.82, 2.24) is 10.6 Å². The Balaban J connectivity index is 1.98. The number of carbonyl (C=O) groups is 2. The number of rotatable bonds is 3. The highest BCUT2D eigenvalue weighted by molar-refractivity contribution is 6.02. The molecule has 2 aliphatic heterocycles. The van der Waals surface area contributed by atoms with Crippen molar-refractivity contribution in [2.75, 3.05) is 6.54 Å². The highest BCUT2D eigenvalue weighted by Gasteiger charge is 2.51. The van der Waals surface area contributed by atoms with Gasteiger partial charge in [-0.15, -0.1) is 6.58 Å². The van der Waals surface area contributed by atoms with Gasteiger partial charge in [0.2, 0.25) is 11.8 Å². The monoisotopic (exact) mass is 286 g/mol. The lowest BCUT2D eigenvalue weighted by molar-refractivity contribution is -0.147. The summed E-state index contributed by atoms with van der Waals surface area (Å²) in [7, 11) is 0. The first-order valence-electron chi connectivity index (χ1n) is 7.03. The molecule has 5 heteroatoms. The Morgan fingerprint density at radius 2 is 2.33 bits per heavy atom. The van der Waals surface area contributed by atoms with E-state index in [-0.39, 0.29) is 17.7 Å². The zero-order chi connectivity index (χ0) is 15.0. The lowest BCUT2D eigenvalue weighted by Gasteiger charge is -2.46. The average Bonchev–Trinajstić information content (AvgIpc) is 2.43. The molecule has 2 aliphatic rings. The van der Waals surface area contributed by atoms with Gasteiger partial charge in [-0.25, -0.2) is 0 Å². The summed E-state index contributed by atoms with van der Waals surface area (Å²) in [4.78, 5) is 24.7. The second-order valence-electron chi connectivity index (χ2n) is 5.68. The van der Waals surface area contributed by atoms with Crippen molar-refractivity contribution in [2.24, 2.45) is 5.92 Å². The van der Waals surface area contributed by atoms with Crippen molar-refractivity contribution < 1.29 is 14.3 Å². The molecule has 2 N–H and O–H groups in total. The summed E-state index contributed by atoms with van der Waals surface area (Å²) in [5.74, 6) is -0.722. The van der Waals surface area contributed by atoms with Gasteiger partial charge in [0.05, 0.1) is 0 Å². The van der Waals surface area contributed by atoms with Crippen LogP contribution in [-0.4, -0.2) is 24.1 Å². The minimum absolute atomic E-state index is 0.168. The predicted octanol–water partition coefficient (Wildman–Crippen LogP) is 1.32. The lowest BCUT2D eigenvalue weighted by atomic mass is 9.74. The van der Waals surface area contributed by atoms with Gasteiger partial charge in [0.25, 0.3) is 0 Å². The molecule has 0 spiro atoms. The zero-order valence-electron chi connectivity index (χ0n) is 11.9. The SMILES string of the molecule is C=CCNC(=O)[C@@H]1C(=O)N[C@]2(C)C[C@@H]1c1ccccc1O2. The third-order valence-electron chi connectivity index (χ3n) is 4.04. The van der Waals surface area contributed by atoms with Gasteiger partial charge in [-0.3, -0.25) is 9.59 Å². The number of hydrogen-bond donors (Lipinski definition) is 2. The van der Waals surface area contributed by atoms with E-state index in [0.29, 0.717) is 13.0 Å². The Hall–Kier alpha value is -2.30. The Morgan fingerprint density at radius 1 is 1.57 bits per heavy atom. The van der Waals surface area contributed by atoms with E-state index in [9.17, 15) is 9.59 Å². The Bertz CT molecular complexity index is 613. The van der Waals surface area contributed by atoms with Crippen LogP contribution >= 0.6 is 0 Å². The van der Waals surface area contributed by atoms with Gasteiger partial charge in [-0.2, -0.15) is 0 Å². The minimum atomic E-state index is -0.745. The molecule has 0 saturated carbocycles. The molecule has 3 rings (SSSR count). The van der Waals surface area contributed by atoms with Crippen LogP contribution < -0.4 is 15.4 Å². The summed E-state index contributed by atoms with van der Waals surface area (Å²) in [5.41, 5.74) is 0.175. The first-order valence-corrected chi connectivity index (χ1v) is 7.03. The van der Waals surface area contributed by atoms with Crippen LogP contribution in [0.25, 0.3) is 0 Å². The average molecular weight is 286 g/mol. The maximum Gasteiger partial charge on any atom is 0.236 e. The van der Waals surface area contributed by atoms with E-state index in [1.807, 2.05) is 31.2 Å². The summed E-state index contributed by atoms with van der Waals surface area (Å²) >= 11 is 0. The number of nitrogens with one attached hydrogen (secondary N) is 2. The molecule has 110 valence electrons. The largest absolute Gasteiger partial charge is 0.468 e. The number of ether oxygens (including phenoxy) is 1. The van der Waals surface area contributed by atoms with E-state index in [2.05, 4.69) is 17.2 Å². The summed E-state index contributed by atoms with van der Waals surface area (Å²) in [5, 5.41) is 5.54. The van der Waals surface area contributed by atoms with Gasteiger partial charge in [-0.1, -0.05) is 24.3 Å². The molecule has 1 saturated heterocycles. The molecule has 0 radical (unpaired) electrons. The molecule has 5 nitrogen and oxygen atoms in total. The molecule has 1 aromatic rings. The summed E-state index contributed by atoms with van der Waals surface area (Å²) in [6.07, 6.45) is 2.18. The van der Waals surface area contributed by atoms with Crippen LogP contribution in [0.5, 0.6) is 5.75 Å². The van der Waals surface area contributed by atoms with Crippen molar-refractivity contribution in [1.29, 1.82) is 0 Å². The number of hydrogen-bond acceptors (Lipinski definition) is 3. The Labute approximate surface area is 123 Å². The van der Waals surface area contributed by atoms with E-state index in [0.717, 1.165) is 11.3 Å². The zero-order valence-corrected chi connectivity index (χ0v) is 11.9. The molecule has 2 heterocycles. The Morgan fingerprint density at radius 3 is 3.10 bits per heavy atom. The van der Waals surface area contributed by atoms with Crippen LogP contribution in [0.15, 0.2) is 36.9 Å². The number of para-hydroxylation sites is 1. The first-order chi connectivity index (χ1) is 10.0. The smallest absolute Gasteiger partial charge is 0.236 e. The second-order valence-corrected chi connectivity index (χ2v) is 5.68. The lowest BCUT2D eigenvalue weighted by Crippen LogP contribution is -2.62. The standard InChI is InChI=1S/C16H18N2O3/c1-3-8-17-14(19)13-11-9-16(2,18-15(13)20)21-12-7-5-4-6-10(11)12/h3-7,11,13H,1,8-9H2,2H3,(H,17,19)(H,18,20)/t11-,13-,16+/m1/s1. The van der Waals surface area contributed by atoms with Gasteiger partial charge in [-0.05, 0) is 18.6 Å². The van der Waals surface area contributed by atoms with Crippen molar-refractivity contribution in [3.63, 3.8) is 0 Å². The molecule has 3 atom stereocenters. The first kappa shape index (κ1) is 13.7. The van der Waals surface area contributed by atoms with Crippen LogP contribution in [0.2, 0.25) is 0 Å². The molecule has 1 aromatic carbocycles. The predicted molar refractivity (Wildman–Crippen MR) is 77.7 cm³/mol. The fourth-order valence-electron chi connectivity index (χ4n) is 3.17. The van der Waals surface area contributed by atoms with E-state index >= 15 is 0 Å². The quantitative estimate of drug-likeness (QED) is 0.650. The summed E-state index contributed by atoms with van der Waals surface area (Å²) < 4.78 is 5.89. The third-order valence-corrected chi connectivity index (χ3v) is 4.04. The van der Waals surface area contributed by atoms with Gasteiger partial charge >= 0.3 is 0 Å². The number of piperidine rings is 1. The number of fused-ring (bicyclic) bond motifs is 4. The fraction of sp³-hybridized carbons (Fsp3) is 0.375. The summed E-state index contributed by atoms with van der Waals surface area (Å²) in [6, 6.07) is 7.58. The van der Waals surface area contributed by atoms with Crippen LogP contribution in [0.3, 0.4) is 0 Å². The van der Waals surface area contributed by atoms with Crippen molar-refractivity contribution >= 4 is 11.8 Å². The molecule has 2 bridgehead atoms. The third kappa shape index (κ3) is 2.28. The highest BCUT2D eigenvalue weighted by atomic mass is 16.5. The van der Waals surface area contributed by atoms with E-state index in [1.165, 1.54) is 0 Å². The molecular weight excluding hydrogens is 268 g/mol. The van der Waals surface area contributed by atoms with Gasteiger partial charge in [0.15, 0.2) is 5.72 Å². The van der Waals surface area contributed by atoms with Gasteiger partial charge in [0, 0.05) is 18.9 Å². The fourth-order valence-corrected chi connectivity index (χ4v) is 3.17. The van der Waals surface area contributed by atoms with Gasteiger partial charge in [0.1, 0.15) is 11.7 Å². The minimum Gasteiger partial charge on any atom is -0.468 e. The number of amides is 2. The van der Waals surface area contributed by atoms with Crippen LogP contribution in [0, 0.1) is 5.92 Å². The molecule has 0 unspecified atom stereocenters. The number of carbonyl (C=O) groups excluding carboxylic acids is 2. The van der Waals surface area contributed by atoms with E-state index in [1.54, 1.807) is 6.08 Å². The van der Waals surface area contributed by atoms with E-state index in [4.69, 9.17) is 4.74 Å². The molecule has 21 heavy (non-hydrogen) atoms. The Kier molecular flexibility index (Phi) is 3.20. The maximum absolute atomic E-state index is 12.3. The highest BCUT2D eigenvalue weighted by Crippen LogP contribution is 2.46. The van der Waals surface area contributed by atoms with Crippen LogP contribution in [0.1, 0.15) is 24.8 Å². The molecule has 1 fully saturated rings. The maximum atomic E-state index is 12.3. The second kappa shape index (κ2) is 4.91. The molecule has 2 amide bonds. The summed E-state index contributed by atoms with van der Waals surface area (Å²) in [6.45, 7) is 5.76. The number of benzene rings is 1. The van der Waals surface area contributed by atoms with Crippen molar-refractivity contribution in [3.8, 4) is 5.75 Å². The van der Waals surface area contributed by atoms with E-state index < -0.39 is 11.6 Å².